The predicted octanol–water partition coefficient (Wildman–Crippen LogP) is 0.852. The molecule has 1 aliphatic heterocycles. The molecule has 0 aromatic rings. The lowest BCUT2D eigenvalue weighted by atomic mass is 9.91. The molecule has 2 N–H and O–H groups in total. The van der Waals surface area contributed by atoms with Crippen molar-refractivity contribution in [1.29, 1.82) is 0 Å². The highest BCUT2D eigenvalue weighted by atomic mass is 16.6. The van der Waals surface area contributed by atoms with Crippen LogP contribution in [0.25, 0.3) is 0 Å². The zero-order chi connectivity index (χ0) is 9.57. The summed E-state index contributed by atoms with van der Waals surface area (Å²) in [4.78, 5) is 4.58. The van der Waals surface area contributed by atoms with Crippen LogP contribution in [0.15, 0.2) is 0 Å². The van der Waals surface area contributed by atoms with Crippen molar-refractivity contribution in [3.63, 3.8) is 0 Å². The van der Waals surface area contributed by atoms with Gasteiger partial charge in [0.15, 0.2) is 0 Å². The maximum atomic E-state index is 5.75. The van der Waals surface area contributed by atoms with Gasteiger partial charge < -0.3 is 14.3 Å². The van der Waals surface area contributed by atoms with Crippen LogP contribution in [0.5, 0.6) is 0 Å². The van der Waals surface area contributed by atoms with Crippen LogP contribution in [0.2, 0.25) is 0 Å². The number of nitrogens with two attached hydrogens (primary N) is 1. The topological polar surface area (TPSA) is 53.7 Å². The van der Waals surface area contributed by atoms with Gasteiger partial charge in [0.05, 0.1) is 18.8 Å². The van der Waals surface area contributed by atoms with Crippen molar-refractivity contribution in [3.05, 3.63) is 0 Å². The molecule has 1 fully saturated rings. The normalized spacial score (nSPS) is 29.1. The van der Waals surface area contributed by atoms with Gasteiger partial charge in [-0.15, -0.1) is 0 Å². The molecule has 0 radical (unpaired) electrons. The SMILES string of the molecule is COCC1(CCON)CCCCO1. The average Bonchev–Trinajstić information content (AvgIpc) is 2.17. The summed E-state index contributed by atoms with van der Waals surface area (Å²) in [5.41, 5.74) is -0.146. The van der Waals surface area contributed by atoms with E-state index >= 15 is 0 Å². The Morgan fingerprint density at radius 3 is 2.85 bits per heavy atom. The van der Waals surface area contributed by atoms with Crippen molar-refractivity contribution in [2.24, 2.45) is 5.90 Å². The Morgan fingerprint density at radius 1 is 1.46 bits per heavy atom. The zero-order valence-electron chi connectivity index (χ0n) is 8.25. The molecule has 0 amide bonds. The highest BCUT2D eigenvalue weighted by Crippen LogP contribution is 2.28. The highest BCUT2D eigenvalue weighted by molar-refractivity contribution is 4.83. The molecule has 13 heavy (non-hydrogen) atoms. The lowest BCUT2D eigenvalue weighted by molar-refractivity contribution is -0.128. The third kappa shape index (κ3) is 3.23. The molecule has 0 aromatic carbocycles. The first-order valence-electron chi connectivity index (χ1n) is 4.77. The van der Waals surface area contributed by atoms with Crippen molar-refractivity contribution in [2.75, 3.05) is 26.9 Å². The summed E-state index contributed by atoms with van der Waals surface area (Å²) >= 11 is 0. The van der Waals surface area contributed by atoms with Crippen molar-refractivity contribution in [3.8, 4) is 0 Å². The summed E-state index contributed by atoms with van der Waals surface area (Å²) < 4.78 is 10.9. The molecule has 1 heterocycles. The van der Waals surface area contributed by atoms with E-state index in [4.69, 9.17) is 15.4 Å². The van der Waals surface area contributed by atoms with E-state index in [1.54, 1.807) is 7.11 Å². The Labute approximate surface area is 79.3 Å². The molecule has 4 heteroatoms. The van der Waals surface area contributed by atoms with E-state index in [0.29, 0.717) is 13.2 Å². The van der Waals surface area contributed by atoms with Gasteiger partial charge in [-0.05, 0) is 19.3 Å². The lowest BCUT2D eigenvalue weighted by Crippen LogP contribution is -2.42. The van der Waals surface area contributed by atoms with Crippen LogP contribution in [0.1, 0.15) is 25.7 Å². The van der Waals surface area contributed by atoms with Crippen LogP contribution < -0.4 is 5.90 Å². The van der Waals surface area contributed by atoms with Gasteiger partial charge in [-0.1, -0.05) is 0 Å². The Hall–Kier alpha value is -0.160. The molecule has 0 saturated carbocycles. The second-order valence-electron chi connectivity index (χ2n) is 3.54. The minimum atomic E-state index is -0.146. The number of rotatable bonds is 5. The third-order valence-electron chi connectivity index (χ3n) is 2.52. The molecule has 0 spiro atoms. The molecule has 0 aliphatic carbocycles. The van der Waals surface area contributed by atoms with Crippen LogP contribution in [-0.2, 0) is 14.3 Å². The van der Waals surface area contributed by atoms with Gasteiger partial charge >= 0.3 is 0 Å². The maximum Gasteiger partial charge on any atom is 0.0937 e. The van der Waals surface area contributed by atoms with Crippen LogP contribution >= 0.6 is 0 Å². The summed E-state index contributed by atoms with van der Waals surface area (Å²) in [7, 11) is 1.70. The first-order valence-corrected chi connectivity index (χ1v) is 4.77. The minimum Gasteiger partial charge on any atom is -0.382 e. The maximum absolute atomic E-state index is 5.75. The summed E-state index contributed by atoms with van der Waals surface area (Å²) in [6, 6.07) is 0. The van der Waals surface area contributed by atoms with Crippen molar-refractivity contribution < 1.29 is 14.3 Å². The van der Waals surface area contributed by atoms with E-state index in [0.717, 1.165) is 25.9 Å². The molecule has 0 bridgehead atoms. The van der Waals surface area contributed by atoms with Gasteiger partial charge in [0, 0.05) is 20.1 Å². The van der Waals surface area contributed by atoms with Gasteiger partial charge in [0.25, 0.3) is 0 Å². The van der Waals surface area contributed by atoms with Gasteiger partial charge in [0.2, 0.25) is 0 Å². The van der Waals surface area contributed by atoms with E-state index in [1.165, 1.54) is 6.42 Å². The number of methoxy groups -OCH3 is 1. The molecular formula is C9H19NO3. The summed E-state index contributed by atoms with van der Waals surface area (Å²) in [5.74, 6) is 5.00. The fourth-order valence-corrected chi connectivity index (χ4v) is 1.80. The molecule has 1 unspecified atom stereocenters. The van der Waals surface area contributed by atoms with Crippen molar-refractivity contribution >= 4 is 0 Å². The first kappa shape index (κ1) is 10.9. The number of ether oxygens (including phenoxy) is 2. The van der Waals surface area contributed by atoms with Crippen molar-refractivity contribution in [1.82, 2.24) is 0 Å². The Bertz CT molecular complexity index is 129. The zero-order valence-corrected chi connectivity index (χ0v) is 8.25. The largest absolute Gasteiger partial charge is 0.382 e. The Balaban J connectivity index is 2.40. The fraction of sp³-hybridized carbons (Fsp3) is 1.00. The number of hydrogen-bond acceptors (Lipinski definition) is 4. The van der Waals surface area contributed by atoms with E-state index in [2.05, 4.69) is 4.84 Å². The predicted molar refractivity (Wildman–Crippen MR) is 49.2 cm³/mol. The van der Waals surface area contributed by atoms with E-state index < -0.39 is 0 Å². The Morgan fingerprint density at radius 2 is 2.31 bits per heavy atom. The molecule has 1 saturated heterocycles. The smallest absolute Gasteiger partial charge is 0.0937 e. The summed E-state index contributed by atoms with van der Waals surface area (Å²) in [6.45, 7) is 1.99. The molecule has 78 valence electrons. The molecular weight excluding hydrogens is 170 g/mol. The minimum absolute atomic E-state index is 0.146. The van der Waals surface area contributed by atoms with Gasteiger partial charge in [-0.3, -0.25) is 0 Å². The molecule has 1 atom stereocenters. The van der Waals surface area contributed by atoms with Crippen LogP contribution in [-0.4, -0.2) is 32.5 Å². The van der Waals surface area contributed by atoms with Crippen LogP contribution in [0.3, 0.4) is 0 Å². The second kappa shape index (κ2) is 5.54. The van der Waals surface area contributed by atoms with E-state index in [1.807, 2.05) is 0 Å². The molecule has 1 rings (SSSR count). The second-order valence-corrected chi connectivity index (χ2v) is 3.54. The van der Waals surface area contributed by atoms with Crippen LogP contribution in [0, 0.1) is 0 Å². The monoisotopic (exact) mass is 189 g/mol. The van der Waals surface area contributed by atoms with Gasteiger partial charge in [-0.2, -0.15) is 0 Å². The number of hydrogen-bond donors (Lipinski definition) is 1. The molecule has 1 aliphatic rings. The standard InChI is InChI=1S/C9H19NO3/c1-11-8-9(5-7-13-10)4-2-3-6-12-9/h2-8,10H2,1H3. The third-order valence-corrected chi connectivity index (χ3v) is 2.52. The van der Waals surface area contributed by atoms with E-state index in [9.17, 15) is 0 Å². The van der Waals surface area contributed by atoms with Crippen LogP contribution in [0.4, 0.5) is 0 Å². The Kier molecular flexibility index (Phi) is 4.66. The lowest BCUT2D eigenvalue weighted by Gasteiger charge is -2.36. The quantitative estimate of drug-likeness (QED) is 0.651. The van der Waals surface area contributed by atoms with Gasteiger partial charge in [-0.25, -0.2) is 5.90 Å². The molecule has 4 nitrogen and oxygen atoms in total. The summed E-state index contributed by atoms with van der Waals surface area (Å²) in [6.07, 6.45) is 4.21. The highest BCUT2D eigenvalue weighted by Gasteiger charge is 2.32. The van der Waals surface area contributed by atoms with Crippen molar-refractivity contribution in [2.45, 2.75) is 31.3 Å². The first-order chi connectivity index (χ1) is 6.33. The van der Waals surface area contributed by atoms with Gasteiger partial charge in [0.1, 0.15) is 0 Å². The fourth-order valence-electron chi connectivity index (χ4n) is 1.80. The molecule has 0 aromatic heterocycles. The average molecular weight is 189 g/mol. The summed E-state index contributed by atoms with van der Waals surface area (Å²) in [5, 5.41) is 0. The van der Waals surface area contributed by atoms with E-state index in [-0.39, 0.29) is 5.60 Å².